The van der Waals surface area contributed by atoms with Gasteiger partial charge < -0.3 is 4.74 Å². The van der Waals surface area contributed by atoms with Gasteiger partial charge in [-0.1, -0.05) is 24.8 Å². The zero-order chi connectivity index (χ0) is 12.0. The number of hydrogen-bond acceptors (Lipinski definition) is 4. The Hall–Kier alpha value is -1.66. The van der Waals surface area contributed by atoms with Gasteiger partial charge in [0, 0.05) is 0 Å². The van der Waals surface area contributed by atoms with Crippen molar-refractivity contribution < 1.29 is 17.9 Å². The molecule has 0 aliphatic carbocycles. The summed E-state index contributed by atoms with van der Waals surface area (Å²) in [7, 11) is -3.66. The normalized spacial score (nSPS) is 10.8. The Kier molecular flexibility index (Phi) is 4.21. The van der Waals surface area contributed by atoms with Crippen LogP contribution in [0, 0.1) is 0 Å². The maximum atomic E-state index is 11.6. The van der Waals surface area contributed by atoms with Gasteiger partial charge in [-0.3, -0.25) is 4.79 Å². The van der Waals surface area contributed by atoms with Crippen LogP contribution >= 0.6 is 0 Å². The molecule has 6 heteroatoms. The number of benzene rings is 1. The third kappa shape index (κ3) is 3.48. The molecule has 0 bridgehead atoms. The first kappa shape index (κ1) is 12.4. The average Bonchev–Trinajstić information content (AvgIpc) is 2.28. The van der Waals surface area contributed by atoms with Crippen molar-refractivity contribution in [3.63, 3.8) is 0 Å². The first-order valence-corrected chi connectivity index (χ1v) is 5.89. The van der Waals surface area contributed by atoms with Gasteiger partial charge in [-0.05, 0) is 12.1 Å². The topological polar surface area (TPSA) is 72.5 Å². The second-order valence-electron chi connectivity index (χ2n) is 2.79. The summed E-state index contributed by atoms with van der Waals surface area (Å²) in [6.07, 6.45) is 0.944. The fourth-order valence-electron chi connectivity index (χ4n) is 0.972. The molecule has 0 aliphatic heterocycles. The first-order chi connectivity index (χ1) is 7.56. The zero-order valence-corrected chi connectivity index (χ0v) is 9.24. The number of ether oxygens (including phenoxy) is 1. The number of carbonyl (C=O) groups is 1. The molecule has 1 aromatic rings. The van der Waals surface area contributed by atoms with Crippen molar-refractivity contribution >= 4 is 16.0 Å². The molecule has 0 heterocycles. The lowest BCUT2D eigenvalue weighted by Gasteiger charge is -2.04. The van der Waals surface area contributed by atoms with Gasteiger partial charge in [0.05, 0.1) is 11.2 Å². The van der Waals surface area contributed by atoms with E-state index in [1.807, 2.05) is 0 Å². The molecule has 0 unspecified atom stereocenters. The van der Waals surface area contributed by atoms with E-state index in [1.165, 1.54) is 12.1 Å². The SMILES string of the molecule is C=COC(=O)CNS(=O)(=O)c1ccccc1. The van der Waals surface area contributed by atoms with Crippen LogP contribution in [0.2, 0.25) is 0 Å². The molecule has 1 aromatic carbocycles. The van der Waals surface area contributed by atoms with Crippen LogP contribution in [0.15, 0.2) is 48.1 Å². The molecule has 0 aliphatic rings. The van der Waals surface area contributed by atoms with Crippen molar-refractivity contribution in [1.82, 2.24) is 4.72 Å². The summed E-state index contributed by atoms with van der Waals surface area (Å²) < 4.78 is 29.7. The molecule has 5 nitrogen and oxygen atoms in total. The van der Waals surface area contributed by atoms with Crippen molar-refractivity contribution in [2.24, 2.45) is 0 Å². The number of sulfonamides is 1. The molecular formula is C10H11NO4S. The smallest absolute Gasteiger partial charge is 0.325 e. The third-order valence-corrected chi connectivity index (χ3v) is 3.09. The molecular weight excluding hydrogens is 230 g/mol. The maximum Gasteiger partial charge on any atom is 0.325 e. The number of nitrogens with one attached hydrogen (secondary N) is 1. The summed E-state index contributed by atoms with van der Waals surface area (Å²) in [6.45, 7) is 2.76. The highest BCUT2D eigenvalue weighted by Crippen LogP contribution is 2.06. The van der Waals surface area contributed by atoms with Crippen LogP contribution in [0.3, 0.4) is 0 Å². The second-order valence-corrected chi connectivity index (χ2v) is 4.56. The fraction of sp³-hybridized carbons (Fsp3) is 0.100. The van der Waals surface area contributed by atoms with Crippen molar-refractivity contribution in [2.75, 3.05) is 6.54 Å². The number of carbonyl (C=O) groups excluding carboxylic acids is 1. The Bertz CT molecular complexity index is 467. The average molecular weight is 241 g/mol. The Morgan fingerprint density at radius 3 is 2.56 bits per heavy atom. The van der Waals surface area contributed by atoms with Crippen LogP contribution in [0.5, 0.6) is 0 Å². The van der Waals surface area contributed by atoms with E-state index in [0.29, 0.717) is 0 Å². The molecule has 0 aromatic heterocycles. The monoisotopic (exact) mass is 241 g/mol. The standard InChI is InChI=1S/C10H11NO4S/c1-2-15-10(12)8-11-16(13,14)9-6-4-3-5-7-9/h2-7,11H,1,8H2. The van der Waals surface area contributed by atoms with Crippen LogP contribution in [0.4, 0.5) is 0 Å². The summed E-state index contributed by atoms with van der Waals surface area (Å²) in [4.78, 5) is 11.0. The summed E-state index contributed by atoms with van der Waals surface area (Å²) in [5.74, 6) is -0.713. The lowest BCUT2D eigenvalue weighted by molar-refractivity contribution is -0.136. The predicted molar refractivity (Wildman–Crippen MR) is 57.9 cm³/mol. The third-order valence-electron chi connectivity index (χ3n) is 1.67. The first-order valence-electron chi connectivity index (χ1n) is 4.41. The molecule has 0 atom stereocenters. The van der Waals surface area contributed by atoms with Crippen LogP contribution in [0.25, 0.3) is 0 Å². The molecule has 1 rings (SSSR count). The molecule has 0 saturated heterocycles. The molecule has 16 heavy (non-hydrogen) atoms. The lowest BCUT2D eigenvalue weighted by atomic mass is 10.4. The molecule has 0 spiro atoms. The van der Waals surface area contributed by atoms with E-state index in [2.05, 4.69) is 16.0 Å². The molecule has 0 amide bonds. The van der Waals surface area contributed by atoms with Gasteiger partial charge in [-0.15, -0.1) is 0 Å². The summed E-state index contributed by atoms with van der Waals surface area (Å²) in [5.41, 5.74) is 0. The molecule has 0 saturated carbocycles. The highest BCUT2D eigenvalue weighted by Gasteiger charge is 2.14. The van der Waals surface area contributed by atoms with E-state index >= 15 is 0 Å². The number of rotatable bonds is 5. The molecule has 86 valence electrons. The Morgan fingerprint density at radius 1 is 1.38 bits per heavy atom. The highest BCUT2D eigenvalue weighted by molar-refractivity contribution is 7.89. The Morgan fingerprint density at radius 2 is 2.00 bits per heavy atom. The highest BCUT2D eigenvalue weighted by atomic mass is 32.2. The van der Waals surface area contributed by atoms with Gasteiger partial charge in [0.15, 0.2) is 0 Å². The van der Waals surface area contributed by atoms with Crippen molar-refractivity contribution in [1.29, 1.82) is 0 Å². The Labute approximate surface area is 93.8 Å². The van der Waals surface area contributed by atoms with Gasteiger partial charge in [-0.25, -0.2) is 8.42 Å². The van der Waals surface area contributed by atoms with Gasteiger partial charge in [0.2, 0.25) is 10.0 Å². The number of esters is 1. The van der Waals surface area contributed by atoms with Gasteiger partial charge in [-0.2, -0.15) is 4.72 Å². The van der Waals surface area contributed by atoms with Gasteiger partial charge >= 0.3 is 5.97 Å². The fourth-order valence-corrected chi connectivity index (χ4v) is 1.96. The lowest BCUT2D eigenvalue weighted by Crippen LogP contribution is -2.30. The minimum absolute atomic E-state index is 0.0985. The van der Waals surface area contributed by atoms with E-state index in [4.69, 9.17) is 0 Å². The minimum atomic E-state index is -3.66. The quantitative estimate of drug-likeness (QED) is 0.607. The van der Waals surface area contributed by atoms with Crippen LogP contribution in [0.1, 0.15) is 0 Å². The van der Waals surface area contributed by atoms with Gasteiger partial charge in [0.1, 0.15) is 6.54 Å². The minimum Gasteiger partial charge on any atom is -0.434 e. The van der Waals surface area contributed by atoms with Crippen LogP contribution in [-0.4, -0.2) is 20.9 Å². The summed E-state index contributed by atoms with van der Waals surface area (Å²) in [6, 6.07) is 7.75. The van der Waals surface area contributed by atoms with E-state index in [9.17, 15) is 13.2 Å². The van der Waals surface area contributed by atoms with Crippen molar-refractivity contribution in [3.05, 3.63) is 43.2 Å². The maximum absolute atomic E-state index is 11.6. The summed E-state index contributed by atoms with van der Waals surface area (Å²) in [5, 5.41) is 0. The van der Waals surface area contributed by atoms with E-state index < -0.39 is 22.5 Å². The number of hydrogen-bond donors (Lipinski definition) is 1. The van der Waals surface area contributed by atoms with E-state index in [1.54, 1.807) is 18.2 Å². The van der Waals surface area contributed by atoms with E-state index in [-0.39, 0.29) is 4.90 Å². The predicted octanol–water partition coefficient (Wildman–Crippen LogP) is 0.652. The molecule has 0 radical (unpaired) electrons. The molecule has 1 N–H and O–H groups in total. The van der Waals surface area contributed by atoms with Crippen molar-refractivity contribution in [3.8, 4) is 0 Å². The van der Waals surface area contributed by atoms with Crippen LogP contribution in [-0.2, 0) is 19.6 Å². The van der Waals surface area contributed by atoms with Crippen molar-refractivity contribution in [2.45, 2.75) is 4.90 Å². The largest absolute Gasteiger partial charge is 0.434 e. The van der Waals surface area contributed by atoms with E-state index in [0.717, 1.165) is 6.26 Å². The van der Waals surface area contributed by atoms with Gasteiger partial charge in [0.25, 0.3) is 0 Å². The zero-order valence-electron chi connectivity index (χ0n) is 8.42. The molecule has 0 fully saturated rings. The second kappa shape index (κ2) is 5.43. The van der Waals surface area contributed by atoms with Crippen LogP contribution < -0.4 is 4.72 Å². The Balaban J connectivity index is 2.67. The summed E-state index contributed by atoms with van der Waals surface area (Å²) >= 11 is 0.